The highest BCUT2D eigenvalue weighted by atomic mass is 127. The number of thiazole rings is 1. The molecule has 0 amide bonds. The fraction of sp³-hybridized carbons (Fsp3) is 0.765. The molecule has 1 unspecified atom stereocenters. The van der Waals surface area contributed by atoms with Crippen molar-refractivity contribution in [3.63, 3.8) is 0 Å². The van der Waals surface area contributed by atoms with Crippen molar-refractivity contribution >= 4 is 41.3 Å². The standard InChI is InChI=1S/C17H31N5S.HI/c1-4-18-17(19-9-8-16-13-23-14(3)21-16)20-11-15-7-6-10-22(5-2)12-15;/h13,15H,4-12H2,1-3H3,(H2,18,19,20);1H. The second kappa shape index (κ2) is 12.0. The first-order valence-corrected chi connectivity index (χ1v) is 9.74. The van der Waals surface area contributed by atoms with Crippen LogP contribution in [0.5, 0.6) is 0 Å². The van der Waals surface area contributed by atoms with Gasteiger partial charge in [-0.05, 0) is 45.7 Å². The zero-order valence-corrected chi connectivity index (χ0v) is 18.3. The average molecular weight is 465 g/mol. The Hall–Kier alpha value is -0.410. The fourth-order valence-electron chi connectivity index (χ4n) is 2.98. The Kier molecular flexibility index (Phi) is 10.8. The summed E-state index contributed by atoms with van der Waals surface area (Å²) in [5.74, 6) is 1.63. The van der Waals surface area contributed by atoms with Crippen LogP contribution in [0.2, 0.25) is 0 Å². The van der Waals surface area contributed by atoms with E-state index in [9.17, 15) is 0 Å². The van der Waals surface area contributed by atoms with E-state index in [1.54, 1.807) is 11.3 Å². The monoisotopic (exact) mass is 465 g/mol. The van der Waals surface area contributed by atoms with Crippen molar-refractivity contribution in [2.45, 2.75) is 40.0 Å². The summed E-state index contributed by atoms with van der Waals surface area (Å²) in [5.41, 5.74) is 1.17. The molecule has 1 atom stereocenters. The quantitative estimate of drug-likeness (QED) is 0.370. The van der Waals surface area contributed by atoms with Crippen molar-refractivity contribution in [1.29, 1.82) is 0 Å². The topological polar surface area (TPSA) is 52.6 Å². The molecule has 0 radical (unpaired) electrons. The SMILES string of the molecule is CCNC(=NCC1CCCN(CC)C1)NCCc1csc(C)n1.I. The van der Waals surface area contributed by atoms with Gasteiger partial charge in [-0.15, -0.1) is 35.3 Å². The van der Waals surface area contributed by atoms with Crippen molar-refractivity contribution in [3.05, 3.63) is 16.1 Å². The number of halogens is 1. The minimum atomic E-state index is 0. The Morgan fingerprint density at radius 1 is 1.42 bits per heavy atom. The number of aryl methyl sites for hydroxylation is 1. The van der Waals surface area contributed by atoms with Crippen LogP contribution in [0.4, 0.5) is 0 Å². The summed E-state index contributed by atoms with van der Waals surface area (Å²) in [6.45, 7) is 12.7. The number of piperidine rings is 1. The Bertz CT molecular complexity index is 491. The van der Waals surface area contributed by atoms with Crippen LogP contribution in [0, 0.1) is 12.8 Å². The van der Waals surface area contributed by atoms with E-state index in [0.717, 1.165) is 43.6 Å². The summed E-state index contributed by atoms with van der Waals surface area (Å²) < 4.78 is 0. The third-order valence-corrected chi connectivity index (χ3v) is 5.06. The summed E-state index contributed by atoms with van der Waals surface area (Å²) in [6.07, 6.45) is 3.56. The molecule has 1 saturated heterocycles. The molecule has 0 bridgehead atoms. The zero-order chi connectivity index (χ0) is 16.5. The molecule has 0 aromatic carbocycles. The van der Waals surface area contributed by atoms with E-state index in [2.05, 4.69) is 46.7 Å². The molecule has 1 aromatic heterocycles. The lowest BCUT2D eigenvalue weighted by Crippen LogP contribution is -2.40. The largest absolute Gasteiger partial charge is 0.357 e. The van der Waals surface area contributed by atoms with Gasteiger partial charge in [0.25, 0.3) is 0 Å². The number of hydrogen-bond acceptors (Lipinski definition) is 4. The number of hydrogen-bond donors (Lipinski definition) is 2. The second-order valence-electron chi connectivity index (χ2n) is 6.16. The van der Waals surface area contributed by atoms with Crippen LogP contribution in [0.25, 0.3) is 0 Å². The lowest BCUT2D eigenvalue weighted by atomic mass is 9.98. The van der Waals surface area contributed by atoms with E-state index < -0.39 is 0 Å². The van der Waals surface area contributed by atoms with E-state index in [-0.39, 0.29) is 24.0 Å². The van der Waals surface area contributed by atoms with E-state index in [1.807, 2.05) is 0 Å². The summed E-state index contributed by atoms with van der Waals surface area (Å²) in [6, 6.07) is 0. The van der Waals surface area contributed by atoms with E-state index in [0.29, 0.717) is 5.92 Å². The molecule has 7 heteroatoms. The molecule has 2 rings (SSSR count). The summed E-state index contributed by atoms with van der Waals surface area (Å²) in [5, 5.41) is 10.1. The van der Waals surface area contributed by atoms with Gasteiger partial charge in [-0.25, -0.2) is 4.98 Å². The van der Waals surface area contributed by atoms with Crippen LogP contribution >= 0.6 is 35.3 Å². The third-order valence-electron chi connectivity index (χ3n) is 4.24. The number of guanidine groups is 1. The molecule has 0 aliphatic carbocycles. The van der Waals surface area contributed by atoms with Gasteiger partial charge in [0.1, 0.15) is 0 Å². The van der Waals surface area contributed by atoms with Crippen molar-refractivity contribution in [1.82, 2.24) is 20.5 Å². The number of likely N-dealkylation sites (tertiary alicyclic amines) is 1. The molecule has 5 nitrogen and oxygen atoms in total. The number of nitrogens with one attached hydrogen (secondary N) is 2. The number of aromatic nitrogens is 1. The van der Waals surface area contributed by atoms with E-state index in [1.165, 1.54) is 31.6 Å². The summed E-state index contributed by atoms with van der Waals surface area (Å²) in [7, 11) is 0. The maximum absolute atomic E-state index is 4.79. The minimum Gasteiger partial charge on any atom is -0.357 e. The smallest absolute Gasteiger partial charge is 0.191 e. The van der Waals surface area contributed by atoms with Gasteiger partial charge in [-0.3, -0.25) is 4.99 Å². The van der Waals surface area contributed by atoms with Gasteiger partial charge < -0.3 is 15.5 Å². The molecular formula is C17H32IN5S. The van der Waals surface area contributed by atoms with Crippen LogP contribution in [0.3, 0.4) is 0 Å². The Morgan fingerprint density at radius 2 is 2.25 bits per heavy atom. The van der Waals surface area contributed by atoms with Crippen LogP contribution in [-0.4, -0.2) is 55.1 Å². The van der Waals surface area contributed by atoms with Crippen molar-refractivity contribution in [2.75, 3.05) is 39.3 Å². The predicted molar refractivity (Wildman–Crippen MR) is 115 cm³/mol. The molecule has 1 aromatic rings. The lowest BCUT2D eigenvalue weighted by molar-refractivity contribution is 0.186. The second-order valence-corrected chi connectivity index (χ2v) is 7.22. The van der Waals surface area contributed by atoms with E-state index >= 15 is 0 Å². The molecule has 138 valence electrons. The average Bonchev–Trinajstić information content (AvgIpc) is 2.98. The third kappa shape index (κ3) is 7.65. The van der Waals surface area contributed by atoms with Crippen LogP contribution < -0.4 is 10.6 Å². The molecule has 1 aliphatic heterocycles. The van der Waals surface area contributed by atoms with Crippen LogP contribution in [0.1, 0.15) is 37.4 Å². The minimum absolute atomic E-state index is 0. The van der Waals surface area contributed by atoms with Crippen molar-refractivity contribution in [3.8, 4) is 0 Å². The normalized spacial score (nSPS) is 19.0. The molecular weight excluding hydrogens is 433 g/mol. The van der Waals surface area contributed by atoms with Crippen molar-refractivity contribution < 1.29 is 0 Å². The first kappa shape index (κ1) is 21.6. The Balaban J connectivity index is 0.00000288. The zero-order valence-electron chi connectivity index (χ0n) is 15.2. The predicted octanol–water partition coefficient (Wildman–Crippen LogP) is 2.90. The molecule has 24 heavy (non-hydrogen) atoms. The lowest BCUT2D eigenvalue weighted by Gasteiger charge is -2.31. The first-order valence-electron chi connectivity index (χ1n) is 8.86. The Morgan fingerprint density at radius 3 is 2.92 bits per heavy atom. The maximum atomic E-state index is 4.79. The first-order chi connectivity index (χ1) is 11.2. The highest BCUT2D eigenvalue weighted by Crippen LogP contribution is 2.16. The Labute approximate surface area is 167 Å². The molecule has 1 fully saturated rings. The summed E-state index contributed by atoms with van der Waals surface area (Å²) >= 11 is 1.72. The van der Waals surface area contributed by atoms with Crippen LogP contribution in [0.15, 0.2) is 10.4 Å². The number of nitrogens with zero attached hydrogens (tertiary/aromatic N) is 3. The summed E-state index contributed by atoms with van der Waals surface area (Å²) in [4.78, 5) is 11.8. The van der Waals surface area contributed by atoms with Crippen LogP contribution in [-0.2, 0) is 6.42 Å². The molecule has 2 heterocycles. The van der Waals surface area contributed by atoms with Gasteiger partial charge in [-0.2, -0.15) is 0 Å². The van der Waals surface area contributed by atoms with E-state index in [4.69, 9.17) is 4.99 Å². The van der Waals surface area contributed by atoms with Gasteiger partial charge in [-0.1, -0.05) is 6.92 Å². The van der Waals surface area contributed by atoms with Gasteiger partial charge in [0.2, 0.25) is 0 Å². The van der Waals surface area contributed by atoms with Crippen molar-refractivity contribution in [2.24, 2.45) is 10.9 Å². The molecule has 0 saturated carbocycles. The molecule has 1 aliphatic rings. The fourth-order valence-corrected chi connectivity index (χ4v) is 3.63. The maximum Gasteiger partial charge on any atom is 0.191 e. The molecule has 0 spiro atoms. The van der Waals surface area contributed by atoms with Gasteiger partial charge in [0, 0.05) is 38.0 Å². The highest BCUT2D eigenvalue weighted by Gasteiger charge is 2.18. The van der Waals surface area contributed by atoms with Gasteiger partial charge in [0.05, 0.1) is 10.7 Å². The highest BCUT2D eigenvalue weighted by molar-refractivity contribution is 14.0. The number of rotatable bonds is 7. The van der Waals surface area contributed by atoms with Gasteiger partial charge >= 0.3 is 0 Å². The number of aliphatic imine (C=N–C) groups is 1. The molecule has 2 N–H and O–H groups in total. The van der Waals surface area contributed by atoms with Gasteiger partial charge in [0.15, 0.2) is 5.96 Å².